The van der Waals surface area contributed by atoms with Crippen LogP contribution in [-0.4, -0.2) is 13.4 Å². The van der Waals surface area contributed by atoms with E-state index in [1.165, 1.54) is 11.1 Å². The van der Waals surface area contributed by atoms with Crippen molar-refractivity contribution in [2.45, 2.75) is 46.5 Å². The van der Waals surface area contributed by atoms with E-state index in [1.54, 1.807) is 0 Å². The fraction of sp³-hybridized carbons (Fsp3) is 0.529. The molecule has 0 heterocycles. The Balaban J connectivity index is 3.13. The summed E-state index contributed by atoms with van der Waals surface area (Å²) in [4.78, 5) is 0. The summed E-state index contributed by atoms with van der Waals surface area (Å²) in [7, 11) is 0. The monoisotopic (exact) mass is 340 g/mol. The van der Waals surface area contributed by atoms with Crippen molar-refractivity contribution in [2.24, 2.45) is 0 Å². The zero-order chi connectivity index (χ0) is 15.2. The van der Waals surface area contributed by atoms with Crippen molar-refractivity contribution in [3.05, 3.63) is 39.9 Å². The Hall–Kier alpha value is -0.800. The lowest BCUT2D eigenvalue weighted by Gasteiger charge is -2.22. The molecule has 0 aliphatic heterocycles. The normalized spacial score (nSPS) is 12.1. The van der Waals surface area contributed by atoms with Gasteiger partial charge in [-0.15, -0.1) is 0 Å². The number of halogens is 1. The molecule has 0 amide bonds. The number of benzene rings is 1. The van der Waals surface area contributed by atoms with Gasteiger partial charge in [-0.3, -0.25) is 0 Å². The van der Waals surface area contributed by atoms with E-state index in [2.05, 4.69) is 61.0 Å². The lowest BCUT2D eigenvalue weighted by atomic mass is 9.85. The molecule has 1 rings (SSSR count). The van der Waals surface area contributed by atoms with Gasteiger partial charge in [0.1, 0.15) is 5.75 Å². The lowest BCUT2D eigenvalue weighted by molar-refractivity contribution is 0.0214. The van der Waals surface area contributed by atoms with Gasteiger partial charge in [-0.2, -0.15) is 0 Å². The second-order valence-electron chi connectivity index (χ2n) is 5.72. The highest BCUT2D eigenvalue weighted by molar-refractivity contribution is 9.10. The van der Waals surface area contributed by atoms with Crippen LogP contribution in [-0.2, 0) is 16.6 Å². The molecule has 0 fully saturated rings. The number of hydrogen-bond acceptors (Lipinski definition) is 2. The highest BCUT2D eigenvalue weighted by Gasteiger charge is 2.18. The molecular weight excluding hydrogens is 316 g/mol. The predicted octanol–water partition coefficient (Wildman–Crippen LogP) is 5.24. The third kappa shape index (κ3) is 4.95. The summed E-state index contributed by atoms with van der Waals surface area (Å²) >= 11 is 3.63. The van der Waals surface area contributed by atoms with Crippen LogP contribution in [0.4, 0.5) is 0 Å². The summed E-state index contributed by atoms with van der Waals surface area (Å²) in [6.07, 6.45) is 5.06. The second kappa shape index (κ2) is 7.84. The Bertz CT molecular complexity index is 459. The molecule has 1 aromatic rings. The molecule has 3 heteroatoms. The molecule has 20 heavy (non-hydrogen) atoms. The smallest absolute Gasteiger partial charge is 0.189 e. The number of hydrogen-bond donors (Lipinski definition) is 0. The quantitative estimate of drug-likeness (QED) is 0.400. The summed E-state index contributed by atoms with van der Waals surface area (Å²) in [5.74, 6) is 0.879. The van der Waals surface area contributed by atoms with Crippen molar-refractivity contribution in [1.82, 2.24) is 0 Å². The Labute approximate surface area is 131 Å². The molecule has 2 nitrogen and oxygen atoms in total. The molecule has 1 aromatic carbocycles. The first kappa shape index (κ1) is 17.3. The molecule has 0 radical (unpaired) electrons. The van der Waals surface area contributed by atoms with Crippen LogP contribution in [0.1, 0.15) is 45.7 Å². The van der Waals surface area contributed by atoms with Gasteiger partial charge in [0.2, 0.25) is 0 Å². The second-order valence-corrected chi connectivity index (χ2v) is 6.58. The van der Waals surface area contributed by atoms with Gasteiger partial charge < -0.3 is 9.47 Å². The average Bonchev–Trinajstić information content (AvgIpc) is 2.37. The van der Waals surface area contributed by atoms with E-state index in [1.807, 2.05) is 13.8 Å². The maximum Gasteiger partial charge on any atom is 0.189 e. The maximum absolute atomic E-state index is 5.77. The first-order valence-corrected chi connectivity index (χ1v) is 7.84. The standard InChI is InChI=1S/C17H25BrO2/c1-6-8-9-13-10-14(17(3,4)5)11-15(18)16(13)20-12-19-7-2/h6,8,10-11H,7,9,12H2,1-5H3. The van der Waals surface area contributed by atoms with Crippen molar-refractivity contribution < 1.29 is 9.47 Å². The van der Waals surface area contributed by atoms with Gasteiger partial charge in [-0.25, -0.2) is 0 Å². The van der Waals surface area contributed by atoms with Crippen molar-refractivity contribution in [3.63, 3.8) is 0 Å². The van der Waals surface area contributed by atoms with E-state index >= 15 is 0 Å². The molecule has 0 unspecified atom stereocenters. The van der Waals surface area contributed by atoms with Crippen LogP contribution in [0.2, 0.25) is 0 Å². The molecular formula is C17H25BrO2. The maximum atomic E-state index is 5.77. The first-order chi connectivity index (χ1) is 9.40. The molecule has 0 saturated carbocycles. The predicted molar refractivity (Wildman–Crippen MR) is 88.5 cm³/mol. The van der Waals surface area contributed by atoms with E-state index in [0.717, 1.165) is 16.6 Å². The molecule has 0 saturated heterocycles. The van der Waals surface area contributed by atoms with Gasteiger partial charge >= 0.3 is 0 Å². The number of rotatable bonds is 6. The third-order valence-corrected chi connectivity index (χ3v) is 3.64. The van der Waals surface area contributed by atoms with Crippen molar-refractivity contribution in [1.29, 1.82) is 0 Å². The van der Waals surface area contributed by atoms with Crippen LogP contribution in [0.5, 0.6) is 5.75 Å². The van der Waals surface area contributed by atoms with Gasteiger partial charge in [0.25, 0.3) is 0 Å². The van der Waals surface area contributed by atoms with Crippen LogP contribution in [0.15, 0.2) is 28.8 Å². The Morgan fingerprint density at radius 2 is 1.95 bits per heavy atom. The van der Waals surface area contributed by atoms with E-state index in [0.29, 0.717) is 6.61 Å². The molecule has 0 bridgehead atoms. The summed E-state index contributed by atoms with van der Waals surface area (Å²) < 4.78 is 12.0. The Morgan fingerprint density at radius 1 is 1.25 bits per heavy atom. The SMILES string of the molecule is CC=CCc1cc(C(C)(C)C)cc(Br)c1OCOCC. The highest BCUT2D eigenvalue weighted by Crippen LogP contribution is 2.35. The summed E-state index contributed by atoms with van der Waals surface area (Å²) in [5, 5.41) is 0. The number of ether oxygens (including phenoxy) is 2. The summed E-state index contributed by atoms with van der Waals surface area (Å²) in [6.45, 7) is 11.6. The van der Waals surface area contributed by atoms with Crippen LogP contribution in [0.25, 0.3) is 0 Å². The molecule has 112 valence electrons. The van der Waals surface area contributed by atoms with Crippen molar-refractivity contribution >= 4 is 15.9 Å². The van der Waals surface area contributed by atoms with Crippen LogP contribution in [0.3, 0.4) is 0 Å². The summed E-state index contributed by atoms with van der Waals surface area (Å²) in [5.41, 5.74) is 2.60. The van der Waals surface area contributed by atoms with Gasteiger partial charge in [-0.05, 0) is 58.8 Å². The first-order valence-electron chi connectivity index (χ1n) is 7.04. The minimum atomic E-state index is 0.117. The minimum absolute atomic E-state index is 0.117. The average molecular weight is 341 g/mol. The van der Waals surface area contributed by atoms with E-state index in [4.69, 9.17) is 9.47 Å². The fourth-order valence-corrected chi connectivity index (χ4v) is 2.44. The zero-order valence-corrected chi connectivity index (χ0v) is 14.7. The van der Waals surface area contributed by atoms with Gasteiger partial charge in [0.05, 0.1) is 4.47 Å². The fourth-order valence-electron chi connectivity index (χ4n) is 1.83. The van der Waals surface area contributed by atoms with Crippen molar-refractivity contribution in [2.75, 3.05) is 13.4 Å². The minimum Gasteiger partial charge on any atom is -0.466 e. The summed E-state index contributed by atoms with van der Waals surface area (Å²) in [6, 6.07) is 4.37. The van der Waals surface area contributed by atoms with Crippen LogP contribution in [0, 0.1) is 0 Å². The van der Waals surface area contributed by atoms with E-state index in [9.17, 15) is 0 Å². The zero-order valence-electron chi connectivity index (χ0n) is 13.1. The molecule has 0 aromatic heterocycles. The molecule has 0 aliphatic rings. The van der Waals surface area contributed by atoms with Gasteiger partial charge in [0.15, 0.2) is 6.79 Å². The molecule has 0 N–H and O–H groups in total. The number of allylic oxidation sites excluding steroid dienone is 2. The molecule has 0 spiro atoms. The Kier molecular flexibility index (Phi) is 6.77. The lowest BCUT2D eigenvalue weighted by Crippen LogP contribution is -2.13. The van der Waals surface area contributed by atoms with Crippen molar-refractivity contribution in [3.8, 4) is 5.75 Å². The van der Waals surface area contributed by atoms with E-state index < -0.39 is 0 Å². The van der Waals surface area contributed by atoms with Crippen LogP contribution >= 0.6 is 15.9 Å². The molecule has 0 atom stereocenters. The topological polar surface area (TPSA) is 18.5 Å². The largest absolute Gasteiger partial charge is 0.466 e. The van der Waals surface area contributed by atoms with Gasteiger partial charge in [-0.1, -0.05) is 39.0 Å². The van der Waals surface area contributed by atoms with Gasteiger partial charge in [0, 0.05) is 6.61 Å². The Morgan fingerprint density at radius 3 is 2.50 bits per heavy atom. The highest BCUT2D eigenvalue weighted by atomic mass is 79.9. The third-order valence-electron chi connectivity index (χ3n) is 3.05. The van der Waals surface area contributed by atoms with Crippen LogP contribution < -0.4 is 4.74 Å². The van der Waals surface area contributed by atoms with E-state index in [-0.39, 0.29) is 12.2 Å². The molecule has 0 aliphatic carbocycles.